The van der Waals surface area contributed by atoms with Crippen molar-refractivity contribution in [1.82, 2.24) is 0 Å². The predicted molar refractivity (Wildman–Crippen MR) is 93.3 cm³/mol. The second-order valence-corrected chi connectivity index (χ2v) is 5.94. The van der Waals surface area contributed by atoms with E-state index in [2.05, 4.69) is 5.32 Å². The first-order valence-corrected chi connectivity index (χ1v) is 7.89. The van der Waals surface area contributed by atoms with Gasteiger partial charge in [-0.3, -0.25) is 9.59 Å². The Labute approximate surface area is 141 Å². The maximum Gasteiger partial charge on any atom is 0.229 e. The Morgan fingerprint density at radius 3 is 2.75 bits per heavy atom. The van der Waals surface area contributed by atoms with Crippen LogP contribution in [0.1, 0.15) is 12.0 Å². The summed E-state index contributed by atoms with van der Waals surface area (Å²) in [6.07, 6.45) is 0.204. The summed E-state index contributed by atoms with van der Waals surface area (Å²) >= 11 is 0. The normalized spacial score (nSPS) is 17.0. The van der Waals surface area contributed by atoms with Crippen molar-refractivity contribution in [3.63, 3.8) is 0 Å². The third-order valence-electron chi connectivity index (χ3n) is 4.16. The third-order valence-corrected chi connectivity index (χ3v) is 4.16. The molecule has 1 saturated heterocycles. The summed E-state index contributed by atoms with van der Waals surface area (Å²) in [7, 11) is 1.57. The molecule has 2 amide bonds. The fraction of sp³-hybridized carbons (Fsp3) is 0.263. The van der Waals surface area contributed by atoms with Gasteiger partial charge in [-0.25, -0.2) is 0 Å². The van der Waals surface area contributed by atoms with Crippen molar-refractivity contribution in [3.05, 3.63) is 54.1 Å². The molecule has 1 aliphatic rings. The molecular weight excluding hydrogens is 304 g/mol. The monoisotopic (exact) mass is 324 g/mol. The molecule has 1 N–H and O–H groups in total. The number of nitrogens with one attached hydrogen (secondary N) is 1. The van der Waals surface area contributed by atoms with Gasteiger partial charge in [0.2, 0.25) is 11.8 Å². The number of rotatable bonds is 4. The van der Waals surface area contributed by atoms with Gasteiger partial charge in [0.1, 0.15) is 5.75 Å². The lowest BCUT2D eigenvalue weighted by molar-refractivity contribution is -0.122. The van der Waals surface area contributed by atoms with Crippen LogP contribution in [0.2, 0.25) is 0 Å². The number of hydrogen-bond acceptors (Lipinski definition) is 3. The summed E-state index contributed by atoms with van der Waals surface area (Å²) in [5.41, 5.74) is 2.53. The maximum absolute atomic E-state index is 12.5. The van der Waals surface area contributed by atoms with Gasteiger partial charge in [-0.1, -0.05) is 24.3 Å². The van der Waals surface area contributed by atoms with Gasteiger partial charge >= 0.3 is 0 Å². The molecule has 5 nitrogen and oxygen atoms in total. The van der Waals surface area contributed by atoms with Crippen molar-refractivity contribution in [1.29, 1.82) is 0 Å². The van der Waals surface area contributed by atoms with Crippen molar-refractivity contribution < 1.29 is 14.3 Å². The molecule has 5 heteroatoms. The molecule has 0 unspecified atom stereocenters. The fourth-order valence-corrected chi connectivity index (χ4v) is 2.94. The van der Waals surface area contributed by atoms with Crippen LogP contribution in [0.15, 0.2) is 48.5 Å². The molecule has 0 spiro atoms. The van der Waals surface area contributed by atoms with E-state index in [0.717, 1.165) is 11.3 Å². The molecule has 3 rings (SSSR count). The molecule has 1 aliphatic heterocycles. The summed E-state index contributed by atoms with van der Waals surface area (Å²) in [5, 5.41) is 2.90. The zero-order valence-electron chi connectivity index (χ0n) is 13.8. The summed E-state index contributed by atoms with van der Waals surface area (Å²) < 4.78 is 5.32. The van der Waals surface area contributed by atoms with Gasteiger partial charge in [-0.05, 0) is 36.8 Å². The van der Waals surface area contributed by atoms with E-state index >= 15 is 0 Å². The van der Waals surface area contributed by atoms with Crippen LogP contribution in [0.5, 0.6) is 5.75 Å². The zero-order valence-corrected chi connectivity index (χ0v) is 13.8. The smallest absolute Gasteiger partial charge is 0.229 e. The Kier molecular flexibility index (Phi) is 4.51. The Morgan fingerprint density at radius 2 is 2.00 bits per heavy atom. The number of nitrogens with zero attached hydrogens (tertiary/aromatic N) is 1. The number of benzene rings is 2. The van der Waals surface area contributed by atoms with Crippen LogP contribution in [0.4, 0.5) is 11.4 Å². The van der Waals surface area contributed by atoms with Crippen LogP contribution in [0, 0.1) is 12.8 Å². The number of aryl methyl sites for hydroxylation is 1. The molecule has 24 heavy (non-hydrogen) atoms. The van der Waals surface area contributed by atoms with Crippen LogP contribution in [-0.2, 0) is 9.59 Å². The van der Waals surface area contributed by atoms with Crippen LogP contribution in [-0.4, -0.2) is 25.5 Å². The first-order chi connectivity index (χ1) is 11.6. The molecule has 2 aromatic rings. The minimum atomic E-state index is -0.372. The van der Waals surface area contributed by atoms with Gasteiger partial charge in [0.15, 0.2) is 0 Å². The van der Waals surface area contributed by atoms with E-state index in [1.807, 2.05) is 55.5 Å². The average molecular weight is 324 g/mol. The van der Waals surface area contributed by atoms with Gasteiger partial charge in [-0.2, -0.15) is 0 Å². The number of hydrogen-bond donors (Lipinski definition) is 1. The predicted octanol–water partition coefficient (Wildman–Crippen LogP) is 3.00. The van der Waals surface area contributed by atoms with Crippen LogP contribution in [0.3, 0.4) is 0 Å². The third kappa shape index (κ3) is 3.25. The van der Waals surface area contributed by atoms with E-state index in [4.69, 9.17) is 4.74 Å². The standard InChI is InChI=1S/C19H20N2O3/c1-13-6-5-7-15(10-13)20-19(23)14-11-18(22)21(12-14)16-8-3-4-9-17(16)24-2/h3-10,14H,11-12H2,1-2H3,(H,20,23)/t14-/m0/s1. The molecule has 0 aromatic heterocycles. The molecule has 0 saturated carbocycles. The topological polar surface area (TPSA) is 58.6 Å². The lowest BCUT2D eigenvalue weighted by Gasteiger charge is -2.19. The molecule has 1 fully saturated rings. The fourth-order valence-electron chi connectivity index (χ4n) is 2.94. The van der Waals surface area contributed by atoms with E-state index in [9.17, 15) is 9.59 Å². The molecule has 1 heterocycles. The maximum atomic E-state index is 12.5. The van der Waals surface area contributed by atoms with E-state index in [-0.39, 0.29) is 24.2 Å². The lowest BCUT2D eigenvalue weighted by Crippen LogP contribution is -2.28. The zero-order chi connectivity index (χ0) is 17.1. The largest absolute Gasteiger partial charge is 0.495 e. The van der Waals surface area contributed by atoms with Crippen LogP contribution < -0.4 is 15.0 Å². The number of carbonyl (C=O) groups is 2. The SMILES string of the molecule is COc1ccccc1N1C[C@@H](C(=O)Nc2cccc(C)c2)CC1=O. The lowest BCUT2D eigenvalue weighted by atomic mass is 10.1. The number of para-hydroxylation sites is 2. The molecule has 0 radical (unpaired) electrons. The number of ether oxygens (including phenoxy) is 1. The average Bonchev–Trinajstić information content (AvgIpc) is 2.96. The highest BCUT2D eigenvalue weighted by molar-refractivity contribution is 6.04. The van der Waals surface area contributed by atoms with Crippen molar-refractivity contribution in [3.8, 4) is 5.75 Å². The van der Waals surface area contributed by atoms with Gasteiger partial charge in [-0.15, -0.1) is 0 Å². The van der Waals surface area contributed by atoms with E-state index < -0.39 is 0 Å². The van der Waals surface area contributed by atoms with Crippen LogP contribution in [0.25, 0.3) is 0 Å². The number of methoxy groups -OCH3 is 1. The first kappa shape index (κ1) is 16.1. The summed E-state index contributed by atoms with van der Waals surface area (Å²) in [6, 6.07) is 15.0. The summed E-state index contributed by atoms with van der Waals surface area (Å²) in [4.78, 5) is 26.5. The molecule has 1 atom stereocenters. The molecular formula is C19H20N2O3. The highest BCUT2D eigenvalue weighted by Gasteiger charge is 2.36. The highest BCUT2D eigenvalue weighted by Crippen LogP contribution is 2.33. The first-order valence-electron chi connectivity index (χ1n) is 7.89. The quantitative estimate of drug-likeness (QED) is 0.940. The number of amides is 2. The summed E-state index contributed by atoms with van der Waals surface area (Å²) in [6.45, 7) is 2.33. The van der Waals surface area contributed by atoms with Crippen molar-refractivity contribution in [2.24, 2.45) is 5.92 Å². The molecule has 2 aromatic carbocycles. The number of anilines is 2. The van der Waals surface area contributed by atoms with Gasteiger partial charge in [0.05, 0.1) is 18.7 Å². The van der Waals surface area contributed by atoms with Crippen LogP contribution >= 0.6 is 0 Å². The highest BCUT2D eigenvalue weighted by atomic mass is 16.5. The van der Waals surface area contributed by atoms with E-state index in [1.165, 1.54) is 0 Å². The number of carbonyl (C=O) groups excluding carboxylic acids is 2. The Balaban J connectivity index is 1.73. The molecule has 124 valence electrons. The van der Waals surface area contributed by atoms with Crippen molar-refractivity contribution >= 4 is 23.2 Å². The second-order valence-electron chi connectivity index (χ2n) is 5.94. The minimum Gasteiger partial charge on any atom is -0.495 e. The second kappa shape index (κ2) is 6.74. The van der Waals surface area contributed by atoms with Gasteiger partial charge in [0, 0.05) is 18.7 Å². The Hall–Kier alpha value is -2.82. The molecule has 0 aliphatic carbocycles. The van der Waals surface area contributed by atoms with E-state index in [0.29, 0.717) is 18.0 Å². The van der Waals surface area contributed by atoms with Gasteiger partial charge < -0.3 is 15.0 Å². The Morgan fingerprint density at radius 1 is 1.21 bits per heavy atom. The summed E-state index contributed by atoms with van der Waals surface area (Å²) in [5.74, 6) is 0.0590. The van der Waals surface area contributed by atoms with Gasteiger partial charge in [0.25, 0.3) is 0 Å². The van der Waals surface area contributed by atoms with Crippen molar-refractivity contribution in [2.45, 2.75) is 13.3 Å². The van der Waals surface area contributed by atoms with E-state index in [1.54, 1.807) is 12.0 Å². The van der Waals surface area contributed by atoms with Crippen molar-refractivity contribution in [2.75, 3.05) is 23.9 Å². The molecule has 0 bridgehead atoms. The minimum absolute atomic E-state index is 0.0658. The Bertz CT molecular complexity index is 773.